The molecule has 1 rings (SSSR count). The Morgan fingerprint density at radius 2 is 1.82 bits per heavy atom. The van der Waals surface area contributed by atoms with E-state index in [1.54, 1.807) is 0 Å². The van der Waals surface area contributed by atoms with Gasteiger partial charge in [0, 0.05) is 12.2 Å². The van der Waals surface area contributed by atoms with E-state index in [9.17, 15) is 0 Å². The molecule has 0 unspecified atom stereocenters. The van der Waals surface area contributed by atoms with Crippen LogP contribution in [0.3, 0.4) is 0 Å². The van der Waals surface area contributed by atoms with E-state index in [0.29, 0.717) is 0 Å². The minimum absolute atomic E-state index is 0.794. The molecular weight excluding hydrogens is 268 g/mol. The first kappa shape index (κ1) is 20.0. The van der Waals surface area contributed by atoms with E-state index in [1.807, 2.05) is 32.9 Å². The molecule has 0 aliphatic rings. The van der Waals surface area contributed by atoms with Crippen LogP contribution in [0, 0.1) is 6.92 Å². The molecule has 0 amide bonds. The van der Waals surface area contributed by atoms with E-state index >= 15 is 0 Å². The first-order valence-corrected chi connectivity index (χ1v) is 8.25. The number of aryl methyl sites for hydroxylation is 1. The van der Waals surface area contributed by atoms with Crippen molar-refractivity contribution in [2.45, 2.75) is 47.5 Å². The topological polar surface area (TPSA) is 24.1 Å². The number of hydrogen-bond donors (Lipinski definition) is 2. The Morgan fingerprint density at radius 1 is 1.18 bits per heavy atom. The smallest absolute Gasteiger partial charge is 0.0989 e. The summed E-state index contributed by atoms with van der Waals surface area (Å²) in [5.74, 6) is 1.01. The maximum atomic E-state index is 3.86. The van der Waals surface area contributed by atoms with Crippen molar-refractivity contribution in [1.82, 2.24) is 5.32 Å². The second-order valence-corrected chi connectivity index (χ2v) is 4.82. The van der Waals surface area contributed by atoms with E-state index in [0.717, 1.165) is 30.9 Å². The summed E-state index contributed by atoms with van der Waals surface area (Å²) in [5, 5.41) is 6.78. The van der Waals surface area contributed by atoms with Crippen molar-refractivity contribution in [3.8, 4) is 0 Å². The summed E-state index contributed by atoms with van der Waals surface area (Å²) in [5.41, 5.74) is 3.59. The van der Waals surface area contributed by atoms with Gasteiger partial charge in [0.25, 0.3) is 0 Å². The Kier molecular flexibility index (Phi) is 11.6. The molecule has 0 bridgehead atoms. The van der Waals surface area contributed by atoms with Crippen LogP contribution in [0.4, 0.5) is 5.69 Å². The first-order valence-electron chi connectivity index (χ1n) is 8.25. The van der Waals surface area contributed by atoms with Crippen molar-refractivity contribution in [1.29, 1.82) is 0 Å². The van der Waals surface area contributed by atoms with Crippen molar-refractivity contribution in [2.24, 2.45) is 0 Å². The zero-order chi connectivity index (χ0) is 16.8. The molecule has 122 valence electrons. The van der Waals surface area contributed by atoms with Gasteiger partial charge in [0.15, 0.2) is 0 Å². The zero-order valence-electron chi connectivity index (χ0n) is 14.9. The van der Waals surface area contributed by atoms with Crippen molar-refractivity contribution in [3.05, 3.63) is 66.0 Å². The summed E-state index contributed by atoms with van der Waals surface area (Å²) < 4.78 is 0. The lowest BCUT2D eigenvalue weighted by Crippen LogP contribution is -2.21. The third-order valence-corrected chi connectivity index (χ3v) is 3.06. The number of hydrogen-bond acceptors (Lipinski definition) is 2. The number of anilines is 1. The summed E-state index contributed by atoms with van der Waals surface area (Å²) in [6.07, 6.45) is 8.45. The summed E-state index contributed by atoms with van der Waals surface area (Å²) in [6.45, 7) is 14.9. The lowest BCUT2D eigenvalue weighted by molar-refractivity contribution is 0.870. The van der Waals surface area contributed by atoms with Crippen LogP contribution in [0.15, 0.2) is 60.5 Å². The van der Waals surface area contributed by atoms with Gasteiger partial charge in [0.05, 0.1) is 5.82 Å². The Labute approximate surface area is 137 Å². The molecule has 0 radical (unpaired) electrons. The summed E-state index contributed by atoms with van der Waals surface area (Å²) in [6, 6.07) is 8.38. The van der Waals surface area contributed by atoms with Crippen LogP contribution in [0.25, 0.3) is 0 Å². The Balaban J connectivity index is 0.00000211. The van der Waals surface area contributed by atoms with Gasteiger partial charge in [-0.2, -0.15) is 0 Å². The van der Waals surface area contributed by atoms with Crippen LogP contribution in [0.2, 0.25) is 0 Å². The average molecular weight is 300 g/mol. The van der Waals surface area contributed by atoms with Gasteiger partial charge in [-0.15, -0.1) is 0 Å². The van der Waals surface area contributed by atoms with Crippen LogP contribution in [-0.4, -0.2) is 6.54 Å². The molecule has 2 heteroatoms. The Morgan fingerprint density at radius 3 is 2.32 bits per heavy atom. The van der Waals surface area contributed by atoms with Gasteiger partial charge in [0.2, 0.25) is 0 Å². The second kappa shape index (κ2) is 12.8. The predicted octanol–water partition coefficient (Wildman–Crippen LogP) is 5.80. The van der Waals surface area contributed by atoms with Crippen molar-refractivity contribution in [2.75, 3.05) is 11.9 Å². The van der Waals surface area contributed by atoms with Gasteiger partial charge in [0.1, 0.15) is 0 Å². The SMILES string of the molecule is C=C/C(=C\CCC)CN/C(=C\C)Nc1ccc(C)cc1.CC. The van der Waals surface area contributed by atoms with Crippen LogP contribution < -0.4 is 10.6 Å². The third-order valence-electron chi connectivity index (χ3n) is 3.06. The molecule has 0 aromatic heterocycles. The number of benzene rings is 1. The molecular formula is C20H32N2. The monoisotopic (exact) mass is 300 g/mol. The van der Waals surface area contributed by atoms with Crippen molar-refractivity contribution < 1.29 is 0 Å². The molecule has 0 saturated carbocycles. The minimum Gasteiger partial charge on any atom is -0.368 e. The molecule has 0 aliphatic carbocycles. The van der Waals surface area contributed by atoms with Crippen LogP contribution in [-0.2, 0) is 0 Å². The van der Waals surface area contributed by atoms with Gasteiger partial charge >= 0.3 is 0 Å². The highest BCUT2D eigenvalue weighted by molar-refractivity contribution is 5.48. The molecule has 1 aromatic carbocycles. The molecule has 2 N–H and O–H groups in total. The van der Waals surface area contributed by atoms with Gasteiger partial charge in [-0.1, -0.05) is 63.6 Å². The highest BCUT2D eigenvalue weighted by Gasteiger charge is 1.98. The van der Waals surface area contributed by atoms with Crippen molar-refractivity contribution >= 4 is 5.69 Å². The average Bonchev–Trinajstić information content (AvgIpc) is 2.57. The molecule has 0 spiro atoms. The molecule has 0 atom stereocenters. The largest absolute Gasteiger partial charge is 0.368 e. The van der Waals surface area contributed by atoms with Crippen molar-refractivity contribution in [3.63, 3.8) is 0 Å². The van der Waals surface area contributed by atoms with Crippen LogP contribution in [0.5, 0.6) is 0 Å². The summed E-state index contributed by atoms with van der Waals surface area (Å²) >= 11 is 0. The normalized spacial score (nSPS) is 11.3. The maximum absolute atomic E-state index is 3.86. The fourth-order valence-electron chi connectivity index (χ4n) is 1.77. The van der Waals surface area contributed by atoms with Gasteiger partial charge in [-0.25, -0.2) is 0 Å². The fraction of sp³-hybridized carbons (Fsp3) is 0.400. The van der Waals surface area contributed by atoms with E-state index in [2.05, 4.69) is 61.4 Å². The molecule has 0 aliphatic heterocycles. The zero-order valence-corrected chi connectivity index (χ0v) is 14.9. The first-order chi connectivity index (χ1) is 10.7. The third kappa shape index (κ3) is 8.35. The molecule has 1 aromatic rings. The quantitative estimate of drug-likeness (QED) is 0.593. The highest BCUT2D eigenvalue weighted by atomic mass is 15.1. The number of unbranched alkanes of at least 4 members (excludes halogenated alkanes) is 1. The van der Waals surface area contributed by atoms with Gasteiger partial charge in [-0.3, -0.25) is 0 Å². The molecule has 22 heavy (non-hydrogen) atoms. The highest BCUT2D eigenvalue weighted by Crippen LogP contribution is 2.10. The lowest BCUT2D eigenvalue weighted by Gasteiger charge is -2.14. The van der Waals surface area contributed by atoms with Crippen LogP contribution >= 0.6 is 0 Å². The Hall–Kier alpha value is -1.96. The molecule has 0 heterocycles. The number of rotatable bonds is 8. The number of nitrogens with one attached hydrogen (secondary N) is 2. The van der Waals surface area contributed by atoms with E-state index in [4.69, 9.17) is 0 Å². The fourth-order valence-corrected chi connectivity index (χ4v) is 1.77. The maximum Gasteiger partial charge on any atom is 0.0989 e. The van der Waals surface area contributed by atoms with E-state index in [1.165, 1.54) is 11.1 Å². The standard InChI is InChI=1S/C18H26N2.C2H6/c1-5-8-9-16(6-2)14-19-18(7-3)20-17-12-10-15(4)11-13-17;1-2/h6-7,9-13,19-20H,2,5,8,14H2,1,3-4H3;1-2H3/b16-9+,18-7+;. The van der Waals surface area contributed by atoms with E-state index < -0.39 is 0 Å². The summed E-state index contributed by atoms with van der Waals surface area (Å²) in [4.78, 5) is 0. The second-order valence-electron chi connectivity index (χ2n) is 4.82. The molecule has 0 saturated heterocycles. The molecule has 0 fully saturated rings. The number of allylic oxidation sites excluding steroid dienone is 2. The van der Waals surface area contributed by atoms with Gasteiger partial charge in [-0.05, 0) is 44.1 Å². The van der Waals surface area contributed by atoms with E-state index in [-0.39, 0.29) is 0 Å². The predicted molar refractivity (Wildman–Crippen MR) is 101 cm³/mol. The lowest BCUT2D eigenvalue weighted by atomic mass is 10.2. The van der Waals surface area contributed by atoms with Crippen LogP contribution in [0.1, 0.15) is 46.1 Å². The Bertz CT molecular complexity index is 467. The minimum atomic E-state index is 0.794. The summed E-state index contributed by atoms with van der Waals surface area (Å²) in [7, 11) is 0. The van der Waals surface area contributed by atoms with Gasteiger partial charge < -0.3 is 10.6 Å². The molecule has 2 nitrogen and oxygen atoms in total.